The van der Waals surface area contributed by atoms with Crippen LogP contribution in [0.4, 0.5) is 5.69 Å². The average molecular weight is 379 g/mol. The number of hydrogen-bond acceptors (Lipinski definition) is 5. The van der Waals surface area contributed by atoms with Crippen molar-refractivity contribution in [1.82, 2.24) is 14.8 Å². The Morgan fingerprint density at radius 1 is 1.29 bits per heavy atom. The number of thiophene rings is 1. The first-order chi connectivity index (χ1) is 11.7. The second-order valence-corrected chi connectivity index (χ2v) is 7.14. The largest absolute Gasteiger partial charge is 0.324 e. The molecule has 0 saturated carbocycles. The molecule has 3 aromatic rings. The summed E-state index contributed by atoms with van der Waals surface area (Å²) in [6.45, 7) is 2.78. The monoisotopic (exact) mass is 378 g/mol. The van der Waals surface area contributed by atoms with Crippen LogP contribution < -0.4 is 5.32 Å². The number of benzene rings is 1. The zero-order valence-electron chi connectivity index (χ0n) is 12.9. The van der Waals surface area contributed by atoms with Crippen LogP contribution in [0.5, 0.6) is 0 Å². The van der Waals surface area contributed by atoms with Gasteiger partial charge in [0.05, 0.1) is 21.3 Å². The van der Waals surface area contributed by atoms with Crippen LogP contribution in [-0.2, 0) is 11.3 Å². The van der Waals surface area contributed by atoms with E-state index in [0.29, 0.717) is 10.7 Å². The summed E-state index contributed by atoms with van der Waals surface area (Å²) in [4.78, 5) is 13.2. The number of para-hydroxylation sites is 1. The zero-order chi connectivity index (χ0) is 16.9. The molecule has 0 radical (unpaired) electrons. The van der Waals surface area contributed by atoms with Crippen LogP contribution in [-0.4, -0.2) is 26.4 Å². The summed E-state index contributed by atoms with van der Waals surface area (Å²) in [5, 5.41) is 14.5. The molecule has 5 nitrogen and oxygen atoms in total. The first-order valence-electron chi connectivity index (χ1n) is 7.33. The summed E-state index contributed by atoms with van der Waals surface area (Å²) in [6.07, 6.45) is 0. The highest BCUT2D eigenvalue weighted by Crippen LogP contribution is 2.27. The van der Waals surface area contributed by atoms with Crippen LogP contribution in [0.2, 0.25) is 5.02 Å². The fourth-order valence-electron chi connectivity index (χ4n) is 2.15. The maximum atomic E-state index is 12.1. The van der Waals surface area contributed by atoms with Crippen LogP contribution >= 0.6 is 34.7 Å². The number of aromatic nitrogens is 3. The number of amides is 1. The molecule has 0 saturated heterocycles. The minimum absolute atomic E-state index is 0.128. The van der Waals surface area contributed by atoms with E-state index in [2.05, 4.69) is 15.5 Å². The minimum Gasteiger partial charge on any atom is -0.324 e. The topological polar surface area (TPSA) is 59.8 Å². The standard InChI is InChI=1S/C16H15ClN4OS2/c1-2-21-15(13-8-5-9-23-13)19-20-16(21)24-10-14(22)18-12-7-4-3-6-11(12)17/h3-9H,2,10H2,1H3,(H,18,22). The van der Waals surface area contributed by atoms with Gasteiger partial charge in [-0.25, -0.2) is 0 Å². The second kappa shape index (κ2) is 7.83. The van der Waals surface area contributed by atoms with Gasteiger partial charge in [0.1, 0.15) is 0 Å². The number of thioether (sulfide) groups is 1. The van der Waals surface area contributed by atoms with Gasteiger partial charge >= 0.3 is 0 Å². The molecule has 0 unspecified atom stereocenters. The van der Waals surface area contributed by atoms with E-state index in [1.165, 1.54) is 11.8 Å². The highest BCUT2D eigenvalue weighted by molar-refractivity contribution is 7.99. The van der Waals surface area contributed by atoms with Crippen LogP contribution in [0.25, 0.3) is 10.7 Å². The Bertz CT molecular complexity index is 832. The third-order valence-corrected chi connectivity index (χ3v) is 5.42. The van der Waals surface area contributed by atoms with E-state index in [9.17, 15) is 4.79 Å². The molecule has 1 N–H and O–H groups in total. The van der Waals surface area contributed by atoms with Crippen LogP contribution in [0, 0.1) is 0 Å². The molecule has 3 rings (SSSR count). The van der Waals surface area contributed by atoms with E-state index < -0.39 is 0 Å². The smallest absolute Gasteiger partial charge is 0.234 e. The molecule has 0 aliphatic heterocycles. The van der Waals surface area contributed by atoms with Gasteiger partial charge in [-0.1, -0.05) is 41.6 Å². The fraction of sp³-hybridized carbons (Fsp3) is 0.188. The van der Waals surface area contributed by atoms with Crippen molar-refractivity contribution < 1.29 is 4.79 Å². The van der Waals surface area contributed by atoms with Gasteiger partial charge in [0.25, 0.3) is 0 Å². The summed E-state index contributed by atoms with van der Waals surface area (Å²) >= 11 is 9.03. The number of carbonyl (C=O) groups excluding carboxylic acids is 1. The minimum atomic E-state index is -0.128. The highest BCUT2D eigenvalue weighted by Gasteiger charge is 2.15. The number of anilines is 1. The zero-order valence-corrected chi connectivity index (χ0v) is 15.3. The molecule has 0 atom stereocenters. The van der Waals surface area contributed by atoms with Gasteiger partial charge in [0, 0.05) is 6.54 Å². The van der Waals surface area contributed by atoms with E-state index in [0.717, 1.165) is 22.4 Å². The number of nitrogens with zero attached hydrogens (tertiary/aromatic N) is 3. The Kier molecular flexibility index (Phi) is 5.55. The third kappa shape index (κ3) is 3.80. The average Bonchev–Trinajstić information content (AvgIpc) is 3.23. The lowest BCUT2D eigenvalue weighted by Crippen LogP contribution is -2.14. The Balaban J connectivity index is 1.67. The van der Waals surface area contributed by atoms with Crippen molar-refractivity contribution in [2.75, 3.05) is 11.1 Å². The predicted octanol–water partition coefficient (Wildman–Crippen LogP) is 4.41. The molecule has 24 heavy (non-hydrogen) atoms. The first kappa shape index (κ1) is 17.0. The van der Waals surface area contributed by atoms with Crippen molar-refractivity contribution in [3.05, 3.63) is 46.8 Å². The molecular formula is C16H15ClN4OS2. The van der Waals surface area contributed by atoms with Crippen molar-refractivity contribution in [2.24, 2.45) is 0 Å². The predicted molar refractivity (Wildman–Crippen MR) is 99.8 cm³/mol. The van der Waals surface area contributed by atoms with Gasteiger partial charge in [0.15, 0.2) is 11.0 Å². The number of rotatable bonds is 6. The molecule has 0 aliphatic rings. The van der Waals surface area contributed by atoms with Crippen molar-refractivity contribution in [3.63, 3.8) is 0 Å². The van der Waals surface area contributed by atoms with E-state index in [4.69, 9.17) is 11.6 Å². The quantitative estimate of drug-likeness (QED) is 0.645. The molecular weight excluding hydrogens is 364 g/mol. The second-order valence-electron chi connectivity index (χ2n) is 4.84. The van der Waals surface area contributed by atoms with Crippen LogP contribution in [0.1, 0.15) is 6.92 Å². The van der Waals surface area contributed by atoms with Crippen molar-refractivity contribution in [1.29, 1.82) is 0 Å². The Morgan fingerprint density at radius 3 is 2.83 bits per heavy atom. The Hall–Kier alpha value is -1.83. The molecule has 2 aromatic heterocycles. The number of halogens is 1. The highest BCUT2D eigenvalue weighted by atomic mass is 35.5. The van der Waals surface area contributed by atoms with Crippen LogP contribution in [0.15, 0.2) is 46.9 Å². The summed E-state index contributed by atoms with van der Waals surface area (Å²) < 4.78 is 2.01. The lowest BCUT2D eigenvalue weighted by atomic mass is 10.3. The van der Waals surface area contributed by atoms with E-state index in [1.807, 2.05) is 41.1 Å². The van der Waals surface area contributed by atoms with Gasteiger partial charge in [-0.05, 0) is 30.5 Å². The maximum absolute atomic E-state index is 12.1. The molecule has 0 aliphatic carbocycles. The van der Waals surface area contributed by atoms with Crippen molar-refractivity contribution in [2.45, 2.75) is 18.6 Å². The van der Waals surface area contributed by atoms with Gasteiger partial charge in [-0.2, -0.15) is 0 Å². The van der Waals surface area contributed by atoms with Crippen molar-refractivity contribution >= 4 is 46.3 Å². The lowest BCUT2D eigenvalue weighted by molar-refractivity contribution is -0.113. The molecule has 2 heterocycles. The number of carbonyl (C=O) groups is 1. The van der Waals surface area contributed by atoms with E-state index in [1.54, 1.807) is 23.5 Å². The lowest BCUT2D eigenvalue weighted by Gasteiger charge is -2.08. The molecule has 8 heteroatoms. The molecule has 1 aromatic carbocycles. The Labute approximate surface area is 153 Å². The fourth-order valence-corrected chi connectivity index (χ4v) is 3.85. The summed E-state index contributed by atoms with van der Waals surface area (Å²) in [7, 11) is 0. The maximum Gasteiger partial charge on any atom is 0.234 e. The van der Waals surface area contributed by atoms with Crippen LogP contribution in [0.3, 0.4) is 0 Å². The van der Waals surface area contributed by atoms with Crippen molar-refractivity contribution in [3.8, 4) is 10.7 Å². The summed E-state index contributed by atoms with van der Waals surface area (Å²) in [5.41, 5.74) is 0.612. The first-order valence-corrected chi connectivity index (χ1v) is 9.57. The van der Waals surface area contributed by atoms with Gasteiger partial charge in [-0.3, -0.25) is 4.79 Å². The molecule has 0 fully saturated rings. The van der Waals surface area contributed by atoms with Gasteiger partial charge in [-0.15, -0.1) is 21.5 Å². The van der Waals surface area contributed by atoms with Gasteiger partial charge < -0.3 is 9.88 Å². The summed E-state index contributed by atoms with van der Waals surface area (Å²) in [5.74, 6) is 0.950. The molecule has 0 spiro atoms. The number of nitrogens with one attached hydrogen (secondary N) is 1. The Morgan fingerprint density at radius 2 is 2.12 bits per heavy atom. The van der Waals surface area contributed by atoms with Gasteiger partial charge in [0.2, 0.25) is 5.91 Å². The number of hydrogen-bond donors (Lipinski definition) is 1. The van der Waals surface area contributed by atoms with E-state index >= 15 is 0 Å². The molecule has 1 amide bonds. The summed E-state index contributed by atoms with van der Waals surface area (Å²) in [6, 6.07) is 11.2. The molecule has 0 bridgehead atoms. The van der Waals surface area contributed by atoms with E-state index in [-0.39, 0.29) is 11.7 Å². The normalized spacial score (nSPS) is 10.8. The molecule has 124 valence electrons. The SMILES string of the molecule is CCn1c(SCC(=O)Nc2ccccc2Cl)nnc1-c1cccs1. The third-order valence-electron chi connectivity index (χ3n) is 3.25.